The molecule has 0 aliphatic rings. The monoisotopic (exact) mass is 266 g/mol. The zero-order chi connectivity index (χ0) is 12.2. The average Bonchev–Trinajstić information content (AvgIpc) is 2.64. The molecule has 92 valence electrons. The minimum Gasteiger partial charge on any atom is -0.383 e. The molecule has 9 heteroatoms. The highest BCUT2D eigenvalue weighted by Crippen LogP contribution is 2.12. The quantitative estimate of drug-likeness (QED) is 0.613. The van der Waals surface area contributed by atoms with E-state index in [1.54, 1.807) is 6.92 Å². The van der Waals surface area contributed by atoms with Crippen molar-refractivity contribution in [2.45, 2.75) is 11.8 Å². The Morgan fingerprint density at radius 1 is 1.62 bits per heavy atom. The molecule has 1 aromatic heterocycles. The van der Waals surface area contributed by atoms with Gasteiger partial charge < -0.3 is 5.73 Å². The number of H-pyrrole nitrogens is 1. The first-order valence-corrected chi connectivity index (χ1v) is 7.58. The highest BCUT2D eigenvalue weighted by atomic mass is 32.2. The summed E-state index contributed by atoms with van der Waals surface area (Å²) in [5.74, 6) is 0.785. The van der Waals surface area contributed by atoms with Crippen molar-refractivity contribution in [2.75, 3.05) is 23.8 Å². The summed E-state index contributed by atoms with van der Waals surface area (Å²) in [6.07, 6.45) is 1.13. The molecule has 1 unspecified atom stereocenters. The second-order valence-corrected chi connectivity index (χ2v) is 6.58. The van der Waals surface area contributed by atoms with Crippen molar-refractivity contribution in [1.29, 1.82) is 0 Å². The first-order chi connectivity index (χ1) is 7.47. The van der Waals surface area contributed by atoms with Crippen LogP contribution in [0.3, 0.4) is 0 Å². The Morgan fingerprint density at radius 3 is 2.81 bits per heavy atom. The lowest BCUT2D eigenvalue weighted by atomic mass is 10.7. The maximum atomic E-state index is 11.6. The van der Waals surface area contributed by atoms with E-state index >= 15 is 0 Å². The van der Waals surface area contributed by atoms with Crippen LogP contribution in [0, 0.1) is 0 Å². The van der Waals surface area contributed by atoms with Gasteiger partial charge in [-0.2, -0.15) is 5.10 Å². The molecule has 0 aliphatic heterocycles. The molecular weight excluding hydrogens is 252 g/mol. The number of aromatic nitrogens is 2. The molecule has 0 saturated heterocycles. The van der Waals surface area contributed by atoms with Crippen molar-refractivity contribution in [1.82, 2.24) is 14.9 Å². The van der Waals surface area contributed by atoms with E-state index in [9.17, 15) is 12.6 Å². The predicted octanol–water partition coefficient (Wildman–Crippen LogP) is -0.961. The minimum atomic E-state index is -3.65. The fourth-order valence-corrected chi connectivity index (χ4v) is 2.81. The predicted molar refractivity (Wildman–Crippen MR) is 61.7 cm³/mol. The van der Waals surface area contributed by atoms with Gasteiger partial charge in [0.15, 0.2) is 0 Å². The van der Waals surface area contributed by atoms with E-state index in [-0.39, 0.29) is 23.0 Å². The second-order valence-electron chi connectivity index (χ2n) is 2.98. The van der Waals surface area contributed by atoms with Crippen molar-refractivity contribution < 1.29 is 12.6 Å². The van der Waals surface area contributed by atoms with Crippen molar-refractivity contribution in [2.24, 2.45) is 0 Å². The fraction of sp³-hybridized carbons (Fsp3) is 0.571. The Labute approximate surface area is 96.3 Å². The summed E-state index contributed by atoms with van der Waals surface area (Å²) < 4.78 is 36.7. The summed E-state index contributed by atoms with van der Waals surface area (Å²) in [7, 11) is -4.65. The Morgan fingerprint density at radius 2 is 2.31 bits per heavy atom. The molecule has 4 N–H and O–H groups in total. The van der Waals surface area contributed by atoms with Crippen molar-refractivity contribution >= 4 is 26.6 Å². The average molecular weight is 266 g/mol. The topological polar surface area (TPSA) is 118 Å². The standard InChI is InChI=1S/C7H14N4O3S2/c1-2-15(12)4-3-10-16(13,14)6-5-9-11-7(6)8/h5,10H,2-4H2,1H3,(H3,8,9,11). The third-order valence-electron chi connectivity index (χ3n) is 1.87. The number of nitrogens with zero attached hydrogens (tertiary/aromatic N) is 1. The highest BCUT2D eigenvalue weighted by molar-refractivity contribution is 7.89. The molecule has 1 atom stereocenters. The van der Waals surface area contributed by atoms with Crippen LogP contribution in [0.15, 0.2) is 11.1 Å². The van der Waals surface area contributed by atoms with Gasteiger partial charge in [-0.3, -0.25) is 9.31 Å². The number of nitrogens with one attached hydrogen (secondary N) is 2. The Hall–Kier alpha value is -0.930. The normalized spacial score (nSPS) is 13.8. The molecule has 16 heavy (non-hydrogen) atoms. The Kier molecular flexibility index (Phi) is 4.44. The lowest BCUT2D eigenvalue weighted by Gasteiger charge is -2.04. The van der Waals surface area contributed by atoms with Crippen molar-refractivity contribution in [3.05, 3.63) is 6.20 Å². The largest absolute Gasteiger partial charge is 0.383 e. The molecule has 7 nitrogen and oxygen atoms in total. The van der Waals surface area contributed by atoms with Gasteiger partial charge in [-0.05, 0) is 0 Å². The van der Waals surface area contributed by atoms with Crippen LogP contribution in [0.2, 0.25) is 0 Å². The maximum absolute atomic E-state index is 11.6. The van der Waals surface area contributed by atoms with Gasteiger partial charge in [0, 0.05) is 28.9 Å². The minimum absolute atomic E-state index is 0.0101. The molecule has 0 fully saturated rings. The maximum Gasteiger partial charge on any atom is 0.245 e. The second kappa shape index (κ2) is 5.41. The van der Waals surface area contributed by atoms with Gasteiger partial charge >= 0.3 is 0 Å². The van der Waals surface area contributed by atoms with E-state index in [1.165, 1.54) is 0 Å². The van der Waals surface area contributed by atoms with E-state index in [1.807, 2.05) is 0 Å². The van der Waals surface area contributed by atoms with Gasteiger partial charge in [0.2, 0.25) is 10.0 Å². The molecule has 0 saturated carbocycles. The summed E-state index contributed by atoms with van der Waals surface area (Å²) in [5, 5.41) is 5.85. The summed E-state index contributed by atoms with van der Waals surface area (Å²) >= 11 is 0. The van der Waals surface area contributed by atoms with Crippen LogP contribution in [0.4, 0.5) is 5.82 Å². The molecular formula is C7H14N4O3S2. The van der Waals surface area contributed by atoms with Crippen molar-refractivity contribution in [3.63, 3.8) is 0 Å². The van der Waals surface area contributed by atoms with E-state index in [0.717, 1.165) is 6.20 Å². The third-order valence-corrected chi connectivity index (χ3v) is 4.66. The number of anilines is 1. The summed E-state index contributed by atoms with van der Waals surface area (Å²) in [6.45, 7) is 1.89. The fourth-order valence-electron chi connectivity index (χ4n) is 1.01. The van der Waals surface area contributed by atoms with E-state index < -0.39 is 20.8 Å². The SMILES string of the molecule is CCS(=O)CCNS(=O)(=O)c1cn[nH]c1N. The van der Waals surface area contributed by atoms with Crippen LogP contribution in [-0.2, 0) is 20.8 Å². The molecule has 0 amide bonds. The number of sulfonamides is 1. The number of nitrogen functional groups attached to an aromatic ring is 1. The number of hydrogen-bond acceptors (Lipinski definition) is 5. The first-order valence-electron chi connectivity index (χ1n) is 4.61. The number of aromatic amines is 1. The zero-order valence-electron chi connectivity index (χ0n) is 8.76. The molecule has 0 aromatic carbocycles. The smallest absolute Gasteiger partial charge is 0.245 e. The molecule has 1 rings (SSSR count). The van der Waals surface area contributed by atoms with Gasteiger partial charge in [-0.1, -0.05) is 6.92 Å². The van der Waals surface area contributed by atoms with Crippen LogP contribution in [0.1, 0.15) is 6.92 Å². The summed E-state index contributed by atoms with van der Waals surface area (Å²) in [6, 6.07) is 0. The number of hydrogen-bond donors (Lipinski definition) is 3. The first kappa shape index (κ1) is 13.1. The molecule has 1 heterocycles. The number of nitrogens with two attached hydrogens (primary N) is 1. The highest BCUT2D eigenvalue weighted by Gasteiger charge is 2.18. The van der Waals surface area contributed by atoms with Gasteiger partial charge in [-0.25, -0.2) is 13.1 Å². The third kappa shape index (κ3) is 3.29. The zero-order valence-corrected chi connectivity index (χ0v) is 10.4. The molecule has 0 spiro atoms. The lowest BCUT2D eigenvalue weighted by molar-refractivity contribution is 0.584. The molecule has 0 radical (unpaired) electrons. The Bertz CT molecular complexity index is 468. The van der Waals surface area contributed by atoms with Crippen LogP contribution < -0.4 is 10.5 Å². The van der Waals surface area contributed by atoms with Crippen LogP contribution in [0.5, 0.6) is 0 Å². The van der Waals surface area contributed by atoms with Gasteiger partial charge in [-0.15, -0.1) is 0 Å². The van der Waals surface area contributed by atoms with Crippen molar-refractivity contribution in [3.8, 4) is 0 Å². The van der Waals surface area contributed by atoms with Gasteiger partial charge in [0.1, 0.15) is 10.7 Å². The lowest BCUT2D eigenvalue weighted by Crippen LogP contribution is -2.28. The molecule has 0 aliphatic carbocycles. The van der Waals surface area contributed by atoms with E-state index in [2.05, 4.69) is 14.9 Å². The van der Waals surface area contributed by atoms with E-state index in [0.29, 0.717) is 5.75 Å². The number of rotatable bonds is 6. The summed E-state index contributed by atoms with van der Waals surface area (Å²) in [5.41, 5.74) is 5.39. The molecule has 1 aromatic rings. The van der Waals surface area contributed by atoms with Crippen LogP contribution in [-0.4, -0.2) is 40.9 Å². The van der Waals surface area contributed by atoms with Crippen LogP contribution in [0.25, 0.3) is 0 Å². The van der Waals surface area contributed by atoms with Gasteiger partial charge in [0.05, 0.1) is 6.20 Å². The van der Waals surface area contributed by atoms with E-state index in [4.69, 9.17) is 5.73 Å². The summed E-state index contributed by atoms with van der Waals surface area (Å²) in [4.78, 5) is -0.0882. The van der Waals surface area contributed by atoms with Crippen LogP contribution >= 0.6 is 0 Å². The Balaban J connectivity index is 2.60. The molecule has 0 bridgehead atoms. The van der Waals surface area contributed by atoms with Gasteiger partial charge in [0.25, 0.3) is 0 Å².